The Kier molecular flexibility index (Phi) is 3.26. The van der Waals surface area contributed by atoms with E-state index in [1.807, 2.05) is 18.3 Å². The molecule has 2 aromatic rings. The lowest BCUT2D eigenvalue weighted by atomic mass is 9.85. The maximum Gasteiger partial charge on any atom is 0.125 e. The van der Waals surface area contributed by atoms with E-state index in [-0.39, 0.29) is 0 Å². The van der Waals surface area contributed by atoms with Crippen LogP contribution in [0.4, 0.5) is 0 Å². The third-order valence-corrected chi connectivity index (χ3v) is 4.27. The van der Waals surface area contributed by atoms with Crippen LogP contribution in [0, 0.1) is 5.92 Å². The highest BCUT2D eigenvalue weighted by molar-refractivity contribution is 5.86. The van der Waals surface area contributed by atoms with Gasteiger partial charge in [-0.3, -0.25) is 0 Å². The van der Waals surface area contributed by atoms with E-state index in [4.69, 9.17) is 0 Å². The van der Waals surface area contributed by atoms with Gasteiger partial charge in [0.1, 0.15) is 5.75 Å². The van der Waals surface area contributed by atoms with Crippen molar-refractivity contribution in [3.63, 3.8) is 0 Å². The molecule has 1 aromatic heterocycles. The molecular formula is C16H21NO. The monoisotopic (exact) mass is 243 g/mol. The highest BCUT2D eigenvalue weighted by Crippen LogP contribution is 2.30. The molecule has 3 rings (SSSR count). The van der Waals surface area contributed by atoms with E-state index in [1.165, 1.54) is 44.1 Å². The first-order valence-electron chi connectivity index (χ1n) is 7.12. The molecule has 1 aliphatic carbocycles. The summed E-state index contributed by atoms with van der Waals surface area (Å²) >= 11 is 0. The van der Waals surface area contributed by atoms with Crippen LogP contribution in [0.3, 0.4) is 0 Å². The minimum atomic E-state index is 0.410. The van der Waals surface area contributed by atoms with Crippen molar-refractivity contribution in [3.8, 4) is 5.75 Å². The number of H-pyrrole nitrogens is 1. The number of hydrogen-bond donors (Lipinski definition) is 2. The quantitative estimate of drug-likeness (QED) is 0.824. The molecule has 2 heteroatoms. The number of aromatic amines is 1. The fraction of sp³-hybridized carbons (Fsp3) is 0.500. The summed E-state index contributed by atoms with van der Waals surface area (Å²) in [6.45, 7) is 0. The fourth-order valence-electron chi connectivity index (χ4n) is 3.20. The van der Waals surface area contributed by atoms with Crippen LogP contribution in [0.5, 0.6) is 5.75 Å². The summed E-state index contributed by atoms with van der Waals surface area (Å²) in [6, 6.07) is 6.03. The normalized spacial score (nSPS) is 17.3. The van der Waals surface area contributed by atoms with Gasteiger partial charge in [0.05, 0.1) is 0 Å². The Morgan fingerprint density at radius 2 is 2.00 bits per heavy atom. The predicted octanol–water partition coefficient (Wildman–Crippen LogP) is 4.39. The molecule has 0 radical (unpaired) electrons. The van der Waals surface area contributed by atoms with E-state index in [0.717, 1.165) is 23.2 Å². The lowest BCUT2D eigenvalue weighted by molar-refractivity contribution is 0.339. The van der Waals surface area contributed by atoms with Crippen molar-refractivity contribution in [3.05, 3.63) is 30.0 Å². The Morgan fingerprint density at radius 1 is 1.17 bits per heavy atom. The Morgan fingerprint density at radius 3 is 2.83 bits per heavy atom. The summed E-state index contributed by atoms with van der Waals surface area (Å²) in [6.07, 6.45) is 11.3. The molecule has 0 atom stereocenters. The zero-order chi connectivity index (χ0) is 12.4. The molecule has 96 valence electrons. The number of benzene rings is 1. The molecule has 18 heavy (non-hydrogen) atoms. The first-order chi connectivity index (χ1) is 8.83. The van der Waals surface area contributed by atoms with Crippen LogP contribution < -0.4 is 0 Å². The number of rotatable bonds is 3. The Labute approximate surface area is 108 Å². The van der Waals surface area contributed by atoms with Crippen molar-refractivity contribution in [1.82, 2.24) is 4.98 Å². The molecule has 1 saturated carbocycles. The summed E-state index contributed by atoms with van der Waals surface area (Å²) in [5.41, 5.74) is 2.31. The number of aryl methyl sites for hydroxylation is 1. The van der Waals surface area contributed by atoms with Crippen LogP contribution in [0.25, 0.3) is 10.9 Å². The van der Waals surface area contributed by atoms with Crippen molar-refractivity contribution in [2.24, 2.45) is 5.92 Å². The molecule has 1 fully saturated rings. The fourth-order valence-corrected chi connectivity index (χ4v) is 3.20. The van der Waals surface area contributed by atoms with E-state index < -0.39 is 0 Å². The first-order valence-corrected chi connectivity index (χ1v) is 7.12. The van der Waals surface area contributed by atoms with Crippen LogP contribution in [0.15, 0.2) is 24.4 Å². The van der Waals surface area contributed by atoms with Gasteiger partial charge >= 0.3 is 0 Å². The Balaban J connectivity index is 1.70. The van der Waals surface area contributed by atoms with Gasteiger partial charge in [-0.2, -0.15) is 0 Å². The van der Waals surface area contributed by atoms with Gasteiger partial charge < -0.3 is 10.1 Å². The van der Waals surface area contributed by atoms with Crippen LogP contribution in [-0.2, 0) is 6.42 Å². The summed E-state index contributed by atoms with van der Waals surface area (Å²) < 4.78 is 0. The lowest BCUT2D eigenvalue weighted by Gasteiger charge is -2.21. The van der Waals surface area contributed by atoms with Crippen molar-refractivity contribution in [2.75, 3.05) is 0 Å². The molecule has 0 amide bonds. The summed E-state index contributed by atoms with van der Waals surface area (Å²) in [4.78, 5) is 3.18. The van der Waals surface area contributed by atoms with Crippen LogP contribution in [0.2, 0.25) is 0 Å². The molecule has 0 aliphatic heterocycles. The number of nitrogens with one attached hydrogen (secondary N) is 1. The summed E-state index contributed by atoms with van der Waals surface area (Å²) in [5, 5.41) is 10.9. The van der Waals surface area contributed by atoms with E-state index >= 15 is 0 Å². The van der Waals surface area contributed by atoms with Crippen LogP contribution in [0.1, 0.15) is 44.1 Å². The zero-order valence-electron chi connectivity index (χ0n) is 10.8. The molecule has 0 saturated heterocycles. The highest BCUT2D eigenvalue weighted by Gasteiger charge is 2.13. The topological polar surface area (TPSA) is 36.0 Å². The lowest BCUT2D eigenvalue weighted by Crippen LogP contribution is -2.07. The van der Waals surface area contributed by atoms with E-state index in [0.29, 0.717) is 5.75 Å². The number of phenolic OH excluding ortho intramolecular Hbond substituents is 1. The smallest absolute Gasteiger partial charge is 0.125 e. The molecule has 0 unspecified atom stereocenters. The zero-order valence-corrected chi connectivity index (χ0v) is 10.8. The van der Waals surface area contributed by atoms with Gasteiger partial charge in [-0.25, -0.2) is 0 Å². The second-order valence-corrected chi connectivity index (χ2v) is 5.60. The van der Waals surface area contributed by atoms with Crippen LogP contribution in [-0.4, -0.2) is 10.1 Å². The molecular weight excluding hydrogens is 222 g/mol. The molecule has 1 heterocycles. The average molecular weight is 243 g/mol. The van der Waals surface area contributed by atoms with Crippen molar-refractivity contribution >= 4 is 10.9 Å². The highest BCUT2D eigenvalue weighted by atomic mass is 16.3. The van der Waals surface area contributed by atoms with Crippen molar-refractivity contribution in [1.29, 1.82) is 0 Å². The SMILES string of the molecule is Oc1cc(CCC2CCCCC2)cc2[nH]ccc12. The minimum absolute atomic E-state index is 0.410. The molecule has 2 nitrogen and oxygen atoms in total. The number of aromatic hydroxyl groups is 1. The maximum atomic E-state index is 9.96. The van der Waals surface area contributed by atoms with Gasteiger partial charge in [0.2, 0.25) is 0 Å². The molecule has 0 bridgehead atoms. The maximum absolute atomic E-state index is 9.96. The van der Waals surface area contributed by atoms with Crippen LogP contribution >= 0.6 is 0 Å². The van der Waals surface area contributed by atoms with Crippen molar-refractivity contribution < 1.29 is 5.11 Å². The third kappa shape index (κ3) is 2.38. The first kappa shape index (κ1) is 11.6. The standard InChI is InChI=1S/C16H21NO/c18-16-11-13(10-15-14(16)8-9-17-15)7-6-12-4-2-1-3-5-12/h8-12,17-18H,1-7H2. The molecule has 2 N–H and O–H groups in total. The molecule has 1 aromatic carbocycles. The summed E-state index contributed by atoms with van der Waals surface area (Å²) in [7, 11) is 0. The minimum Gasteiger partial charge on any atom is -0.507 e. The van der Waals surface area contributed by atoms with E-state index in [2.05, 4.69) is 11.1 Å². The average Bonchev–Trinajstić information content (AvgIpc) is 2.86. The van der Waals surface area contributed by atoms with Gasteiger partial charge in [-0.1, -0.05) is 32.1 Å². The van der Waals surface area contributed by atoms with Gasteiger partial charge in [0.15, 0.2) is 0 Å². The number of fused-ring (bicyclic) bond motifs is 1. The van der Waals surface area contributed by atoms with E-state index in [1.54, 1.807) is 0 Å². The Hall–Kier alpha value is -1.44. The second-order valence-electron chi connectivity index (χ2n) is 5.60. The molecule has 1 aliphatic rings. The third-order valence-electron chi connectivity index (χ3n) is 4.27. The predicted molar refractivity (Wildman–Crippen MR) is 74.9 cm³/mol. The second kappa shape index (κ2) is 5.05. The van der Waals surface area contributed by atoms with Crippen molar-refractivity contribution in [2.45, 2.75) is 44.9 Å². The number of phenols is 1. The molecule has 0 spiro atoms. The number of hydrogen-bond acceptors (Lipinski definition) is 1. The largest absolute Gasteiger partial charge is 0.507 e. The Bertz CT molecular complexity index is 523. The van der Waals surface area contributed by atoms with Gasteiger partial charge in [0.25, 0.3) is 0 Å². The summed E-state index contributed by atoms with van der Waals surface area (Å²) in [5.74, 6) is 1.31. The van der Waals surface area contributed by atoms with Gasteiger partial charge in [0, 0.05) is 17.1 Å². The van der Waals surface area contributed by atoms with Gasteiger partial charge in [-0.15, -0.1) is 0 Å². The van der Waals surface area contributed by atoms with Gasteiger partial charge in [-0.05, 0) is 42.5 Å². The number of aromatic nitrogens is 1. The van der Waals surface area contributed by atoms with E-state index in [9.17, 15) is 5.11 Å².